The van der Waals surface area contributed by atoms with Crippen molar-refractivity contribution in [3.8, 4) is 22.5 Å². The van der Waals surface area contributed by atoms with Crippen LogP contribution in [0.3, 0.4) is 0 Å². The predicted molar refractivity (Wildman–Crippen MR) is 118 cm³/mol. The van der Waals surface area contributed by atoms with Gasteiger partial charge in [0, 0.05) is 53.7 Å². The minimum Gasteiger partial charge on any atom is -0.368 e. The van der Waals surface area contributed by atoms with E-state index in [9.17, 15) is 4.79 Å². The zero-order valence-electron chi connectivity index (χ0n) is 17.1. The molecule has 8 heteroatoms. The fourth-order valence-electron chi connectivity index (χ4n) is 4.53. The van der Waals surface area contributed by atoms with Crippen LogP contribution in [0.2, 0.25) is 5.02 Å². The Morgan fingerprint density at radius 3 is 2.61 bits per heavy atom. The van der Waals surface area contributed by atoms with E-state index >= 15 is 0 Å². The molecular formula is C23H24ClN5O2. The van der Waals surface area contributed by atoms with Crippen molar-refractivity contribution in [2.45, 2.75) is 37.7 Å². The van der Waals surface area contributed by atoms with E-state index in [2.05, 4.69) is 20.2 Å². The van der Waals surface area contributed by atoms with E-state index in [1.165, 1.54) is 0 Å². The summed E-state index contributed by atoms with van der Waals surface area (Å²) in [6.07, 6.45) is 6.60. The lowest BCUT2D eigenvalue weighted by atomic mass is 9.88. The Morgan fingerprint density at radius 2 is 1.94 bits per heavy atom. The maximum Gasteiger partial charge on any atom is 0.251 e. The second-order valence-corrected chi connectivity index (χ2v) is 8.50. The number of amides is 1. The minimum absolute atomic E-state index is 0.137. The highest BCUT2D eigenvalue weighted by atomic mass is 35.5. The molecule has 7 nitrogen and oxygen atoms in total. The molecule has 0 bridgehead atoms. The fraction of sp³-hybridized carbons (Fsp3) is 0.391. The van der Waals surface area contributed by atoms with Crippen LogP contribution in [0.25, 0.3) is 22.5 Å². The molecule has 1 unspecified atom stereocenters. The molecule has 0 radical (unpaired) electrons. The average molecular weight is 438 g/mol. The van der Waals surface area contributed by atoms with Crippen molar-refractivity contribution in [3.63, 3.8) is 0 Å². The number of H-pyrrole nitrogens is 1. The van der Waals surface area contributed by atoms with Gasteiger partial charge in [-0.15, -0.1) is 0 Å². The number of carbonyl (C=O) groups is 1. The molecule has 160 valence electrons. The Balaban J connectivity index is 1.42. The van der Waals surface area contributed by atoms with Crippen molar-refractivity contribution in [3.05, 3.63) is 53.6 Å². The lowest BCUT2D eigenvalue weighted by Crippen LogP contribution is -2.43. The molecule has 2 aliphatic rings. The summed E-state index contributed by atoms with van der Waals surface area (Å²) in [6.45, 7) is 2.14. The first-order chi connectivity index (χ1) is 15.2. The maximum atomic E-state index is 12.7. The molecule has 0 saturated carbocycles. The minimum atomic E-state index is -0.253. The Hall–Kier alpha value is -2.77. The Bertz CT molecular complexity index is 1040. The number of halogens is 1. The van der Waals surface area contributed by atoms with Crippen molar-refractivity contribution < 1.29 is 9.53 Å². The summed E-state index contributed by atoms with van der Waals surface area (Å²) in [5.41, 5.74) is 4.72. The first-order valence-corrected chi connectivity index (χ1v) is 11.1. The van der Waals surface area contributed by atoms with Crippen molar-refractivity contribution >= 4 is 17.5 Å². The summed E-state index contributed by atoms with van der Waals surface area (Å²) in [6, 6.07) is 9.57. The van der Waals surface area contributed by atoms with Gasteiger partial charge >= 0.3 is 0 Å². The largest absolute Gasteiger partial charge is 0.368 e. The maximum absolute atomic E-state index is 12.7. The number of likely N-dealkylation sites (tertiary alicyclic amines) is 1. The van der Waals surface area contributed by atoms with Crippen LogP contribution in [0, 0.1) is 0 Å². The van der Waals surface area contributed by atoms with Crippen molar-refractivity contribution in [2.75, 3.05) is 19.7 Å². The van der Waals surface area contributed by atoms with E-state index in [1.54, 1.807) is 12.5 Å². The molecule has 3 aromatic rings. The summed E-state index contributed by atoms with van der Waals surface area (Å²) in [7, 11) is 0. The number of aromatic amines is 1. The highest BCUT2D eigenvalue weighted by Gasteiger charge is 2.33. The van der Waals surface area contributed by atoms with Gasteiger partial charge in [0.25, 0.3) is 5.91 Å². The van der Waals surface area contributed by atoms with E-state index in [0.717, 1.165) is 67.0 Å². The third-order valence-electron chi connectivity index (χ3n) is 6.17. The molecule has 2 aliphatic heterocycles. The number of piperidine rings is 1. The fourth-order valence-corrected chi connectivity index (χ4v) is 4.66. The van der Waals surface area contributed by atoms with Gasteiger partial charge in [-0.3, -0.25) is 9.89 Å². The van der Waals surface area contributed by atoms with Crippen LogP contribution in [-0.2, 0) is 9.53 Å². The van der Waals surface area contributed by atoms with Crippen molar-refractivity contribution in [1.29, 1.82) is 0 Å². The Labute approximate surface area is 185 Å². The molecule has 0 aliphatic carbocycles. The predicted octanol–water partition coefficient (Wildman–Crippen LogP) is 4.07. The number of rotatable bonds is 4. The molecule has 0 spiro atoms. The number of carbonyl (C=O) groups excluding carboxylic acids is 1. The third-order valence-corrected chi connectivity index (χ3v) is 6.42. The monoisotopic (exact) mass is 437 g/mol. The second-order valence-electron chi connectivity index (χ2n) is 8.06. The van der Waals surface area contributed by atoms with E-state index in [4.69, 9.17) is 16.3 Å². The Kier molecular flexibility index (Phi) is 5.70. The summed E-state index contributed by atoms with van der Waals surface area (Å²) in [5, 5.41) is 8.63. The highest BCUT2D eigenvalue weighted by Crippen LogP contribution is 2.39. The lowest BCUT2D eigenvalue weighted by molar-refractivity contribution is -0.142. The standard InChI is InChI=1S/C23H24ClN5O2/c24-17-5-3-15(4-6-17)21-20(18-7-10-25-14-26-18)22(28-27-21)16-8-11-29(12-9-16)23(30)19-2-1-13-31-19/h3-7,10,14,16,19H,1-2,8-9,11-13H2,(H,27,28). The first kappa shape index (κ1) is 20.2. The van der Waals surface area contributed by atoms with Crippen LogP contribution in [0.5, 0.6) is 0 Å². The number of hydrogen-bond acceptors (Lipinski definition) is 5. The van der Waals surface area contributed by atoms with E-state index < -0.39 is 0 Å². The third kappa shape index (κ3) is 4.07. The molecule has 2 saturated heterocycles. The quantitative estimate of drug-likeness (QED) is 0.665. The topological polar surface area (TPSA) is 84.0 Å². The van der Waals surface area contributed by atoms with Gasteiger partial charge in [0.15, 0.2) is 0 Å². The number of nitrogens with one attached hydrogen (secondary N) is 1. The molecule has 4 heterocycles. The second kappa shape index (κ2) is 8.77. The summed E-state index contributed by atoms with van der Waals surface area (Å²) < 4.78 is 5.59. The molecule has 2 aromatic heterocycles. The number of ether oxygens (including phenoxy) is 1. The van der Waals surface area contributed by atoms with Gasteiger partial charge < -0.3 is 9.64 Å². The van der Waals surface area contributed by atoms with Gasteiger partial charge in [0.2, 0.25) is 0 Å². The van der Waals surface area contributed by atoms with Crippen LogP contribution in [0.1, 0.15) is 37.3 Å². The molecule has 1 aromatic carbocycles. The number of aromatic nitrogens is 4. The van der Waals surface area contributed by atoms with E-state index in [0.29, 0.717) is 11.6 Å². The van der Waals surface area contributed by atoms with Crippen LogP contribution in [-0.4, -0.2) is 56.8 Å². The lowest BCUT2D eigenvalue weighted by Gasteiger charge is -2.33. The van der Waals surface area contributed by atoms with E-state index in [1.807, 2.05) is 35.2 Å². The van der Waals surface area contributed by atoms with Gasteiger partial charge in [0.05, 0.1) is 5.69 Å². The van der Waals surface area contributed by atoms with Gasteiger partial charge in [-0.05, 0) is 43.9 Å². The summed E-state index contributed by atoms with van der Waals surface area (Å²) in [5.74, 6) is 0.408. The average Bonchev–Trinajstić information content (AvgIpc) is 3.50. The van der Waals surface area contributed by atoms with Crippen LogP contribution >= 0.6 is 11.6 Å². The number of hydrogen-bond donors (Lipinski definition) is 1. The normalized spacial score (nSPS) is 19.6. The zero-order chi connectivity index (χ0) is 21.2. The Morgan fingerprint density at radius 1 is 1.13 bits per heavy atom. The number of nitrogens with zero attached hydrogens (tertiary/aromatic N) is 4. The molecule has 2 fully saturated rings. The highest BCUT2D eigenvalue weighted by molar-refractivity contribution is 6.30. The SMILES string of the molecule is O=C(C1CCCO1)N1CCC(c2[nH]nc(-c3ccc(Cl)cc3)c2-c2ccncn2)CC1. The molecule has 5 rings (SSSR count). The van der Waals surface area contributed by atoms with Crippen molar-refractivity contribution in [1.82, 2.24) is 25.1 Å². The van der Waals surface area contributed by atoms with E-state index in [-0.39, 0.29) is 17.9 Å². The molecular weight excluding hydrogens is 414 g/mol. The zero-order valence-corrected chi connectivity index (χ0v) is 17.9. The van der Waals surface area contributed by atoms with Crippen molar-refractivity contribution in [2.24, 2.45) is 0 Å². The molecule has 1 N–H and O–H groups in total. The van der Waals surface area contributed by atoms with Gasteiger partial charge in [-0.1, -0.05) is 23.7 Å². The van der Waals surface area contributed by atoms with Gasteiger partial charge in [-0.25, -0.2) is 9.97 Å². The van der Waals surface area contributed by atoms with Gasteiger partial charge in [0.1, 0.15) is 18.1 Å². The first-order valence-electron chi connectivity index (χ1n) is 10.7. The van der Waals surface area contributed by atoms with Crippen LogP contribution < -0.4 is 0 Å². The molecule has 1 atom stereocenters. The van der Waals surface area contributed by atoms with Gasteiger partial charge in [-0.2, -0.15) is 5.10 Å². The molecule has 1 amide bonds. The van der Waals surface area contributed by atoms with Crippen LogP contribution in [0.15, 0.2) is 42.9 Å². The smallest absolute Gasteiger partial charge is 0.251 e. The summed E-state index contributed by atoms with van der Waals surface area (Å²) >= 11 is 6.08. The summed E-state index contributed by atoms with van der Waals surface area (Å²) in [4.78, 5) is 23.2. The molecule has 31 heavy (non-hydrogen) atoms. The van der Waals surface area contributed by atoms with Crippen LogP contribution in [0.4, 0.5) is 0 Å². The number of benzene rings is 1.